The first-order chi connectivity index (χ1) is 8.45. The van der Waals surface area contributed by atoms with E-state index in [-0.39, 0.29) is 17.9 Å². The highest BCUT2D eigenvalue weighted by molar-refractivity contribution is 6.35. The molecule has 1 heterocycles. The van der Waals surface area contributed by atoms with E-state index in [0.717, 1.165) is 0 Å². The molecule has 7 heteroatoms. The maximum atomic E-state index is 11.4. The summed E-state index contributed by atoms with van der Waals surface area (Å²) in [5.41, 5.74) is 1.02. The quantitative estimate of drug-likeness (QED) is 0.734. The molecule has 1 aromatic carbocycles. The van der Waals surface area contributed by atoms with Gasteiger partial charge in [-0.1, -0.05) is 11.6 Å². The fraction of sp³-hybridized carbons (Fsp3) is 0.182. The molecule has 18 heavy (non-hydrogen) atoms. The summed E-state index contributed by atoms with van der Waals surface area (Å²) in [5, 5.41) is 2.84. The number of carbonyl (C=O) groups is 2. The molecule has 0 atom stereocenters. The van der Waals surface area contributed by atoms with E-state index < -0.39 is 5.91 Å². The van der Waals surface area contributed by atoms with Gasteiger partial charge in [-0.3, -0.25) is 9.59 Å². The Bertz CT molecular complexity index is 686. The van der Waals surface area contributed by atoms with E-state index in [0.29, 0.717) is 21.7 Å². The third-order valence-electron chi connectivity index (χ3n) is 2.27. The van der Waals surface area contributed by atoms with Gasteiger partial charge in [0.2, 0.25) is 5.91 Å². The topological polar surface area (TPSA) is 94.8 Å². The number of nitrogens with one attached hydrogen (secondary N) is 3. The highest BCUT2D eigenvalue weighted by Crippen LogP contribution is 2.24. The van der Waals surface area contributed by atoms with Gasteiger partial charge in [0.05, 0.1) is 22.5 Å². The fourth-order valence-electron chi connectivity index (χ4n) is 1.60. The van der Waals surface area contributed by atoms with Gasteiger partial charge < -0.3 is 15.3 Å². The lowest BCUT2D eigenvalue weighted by atomic mass is 10.2. The van der Waals surface area contributed by atoms with Crippen LogP contribution >= 0.6 is 11.6 Å². The van der Waals surface area contributed by atoms with Crippen LogP contribution in [0.3, 0.4) is 0 Å². The van der Waals surface area contributed by atoms with Crippen LogP contribution in [0.2, 0.25) is 5.02 Å². The minimum absolute atomic E-state index is 0.195. The third kappa shape index (κ3) is 2.60. The van der Waals surface area contributed by atoms with Crippen LogP contribution in [-0.2, 0) is 9.59 Å². The van der Waals surface area contributed by atoms with E-state index in [4.69, 9.17) is 11.6 Å². The molecule has 1 aromatic heterocycles. The Morgan fingerprint density at radius 2 is 2.06 bits per heavy atom. The van der Waals surface area contributed by atoms with Gasteiger partial charge in [0, 0.05) is 5.69 Å². The number of aromatic amines is 2. The van der Waals surface area contributed by atoms with Crippen LogP contribution < -0.4 is 11.0 Å². The molecule has 0 radical (unpaired) electrons. The van der Waals surface area contributed by atoms with E-state index >= 15 is 0 Å². The lowest BCUT2D eigenvalue weighted by molar-refractivity contribution is -0.124. The summed E-state index contributed by atoms with van der Waals surface area (Å²) in [6.07, 6.45) is -0.195. The van der Waals surface area contributed by atoms with Crippen LogP contribution in [-0.4, -0.2) is 21.7 Å². The number of fused-ring (bicyclic) bond motifs is 1. The highest BCUT2D eigenvalue weighted by Gasteiger charge is 2.09. The summed E-state index contributed by atoms with van der Waals surface area (Å²) in [7, 11) is 0. The molecule has 0 unspecified atom stereocenters. The molecule has 3 N–H and O–H groups in total. The van der Waals surface area contributed by atoms with E-state index in [2.05, 4.69) is 15.3 Å². The molecule has 0 saturated carbocycles. The Morgan fingerprint density at radius 3 is 2.72 bits per heavy atom. The maximum Gasteiger partial charge on any atom is 0.323 e. The molecule has 0 saturated heterocycles. The molecule has 2 rings (SSSR count). The van der Waals surface area contributed by atoms with E-state index in [1.165, 1.54) is 13.0 Å². The van der Waals surface area contributed by atoms with Crippen LogP contribution in [0, 0.1) is 0 Å². The number of imidazole rings is 1. The van der Waals surface area contributed by atoms with Crippen molar-refractivity contribution in [1.82, 2.24) is 9.97 Å². The number of carbonyl (C=O) groups excluding carboxylic acids is 2. The first-order valence-electron chi connectivity index (χ1n) is 5.16. The van der Waals surface area contributed by atoms with E-state index in [1.807, 2.05) is 0 Å². The van der Waals surface area contributed by atoms with Crippen molar-refractivity contribution in [2.45, 2.75) is 13.3 Å². The molecule has 0 spiro atoms. The molecular weight excluding hydrogens is 258 g/mol. The summed E-state index contributed by atoms with van der Waals surface area (Å²) in [6.45, 7) is 1.33. The van der Waals surface area contributed by atoms with Gasteiger partial charge in [-0.15, -0.1) is 0 Å². The van der Waals surface area contributed by atoms with Gasteiger partial charge >= 0.3 is 5.69 Å². The van der Waals surface area contributed by atoms with Gasteiger partial charge in [-0.25, -0.2) is 4.79 Å². The van der Waals surface area contributed by atoms with E-state index in [1.54, 1.807) is 6.07 Å². The van der Waals surface area contributed by atoms with Gasteiger partial charge in [0.25, 0.3) is 0 Å². The van der Waals surface area contributed by atoms with Crippen LogP contribution in [0.15, 0.2) is 16.9 Å². The van der Waals surface area contributed by atoms with Crippen molar-refractivity contribution < 1.29 is 9.59 Å². The molecule has 0 aliphatic rings. The molecule has 94 valence electrons. The maximum absolute atomic E-state index is 11.4. The first kappa shape index (κ1) is 12.4. The smallest absolute Gasteiger partial charge is 0.323 e. The summed E-state index contributed by atoms with van der Waals surface area (Å²) in [5.74, 6) is -0.648. The van der Waals surface area contributed by atoms with Crippen molar-refractivity contribution in [2.75, 3.05) is 5.32 Å². The normalized spacial score (nSPS) is 10.6. The van der Waals surface area contributed by atoms with Crippen molar-refractivity contribution >= 4 is 40.0 Å². The molecule has 1 amide bonds. The van der Waals surface area contributed by atoms with Crippen molar-refractivity contribution in [3.05, 3.63) is 27.6 Å². The summed E-state index contributed by atoms with van der Waals surface area (Å²) < 4.78 is 0. The SMILES string of the molecule is CC(=O)CC(=O)Nc1cc(Cl)c2[nH]c(=O)[nH]c2c1. The molecular formula is C11H10ClN3O3. The van der Waals surface area contributed by atoms with Gasteiger partial charge in [0.15, 0.2) is 0 Å². The Morgan fingerprint density at radius 1 is 1.33 bits per heavy atom. The van der Waals surface area contributed by atoms with Crippen molar-refractivity contribution in [1.29, 1.82) is 0 Å². The van der Waals surface area contributed by atoms with Crippen molar-refractivity contribution in [2.24, 2.45) is 0 Å². The van der Waals surface area contributed by atoms with Gasteiger partial charge in [0.1, 0.15) is 5.78 Å². The van der Waals surface area contributed by atoms with Crippen LogP contribution in [0.1, 0.15) is 13.3 Å². The van der Waals surface area contributed by atoms with Crippen LogP contribution in [0.25, 0.3) is 11.0 Å². The number of amides is 1. The lowest BCUT2D eigenvalue weighted by Crippen LogP contribution is -2.14. The molecule has 0 bridgehead atoms. The highest BCUT2D eigenvalue weighted by atomic mass is 35.5. The number of halogens is 1. The minimum Gasteiger partial charge on any atom is -0.326 e. The molecule has 0 aliphatic heterocycles. The fourth-order valence-corrected chi connectivity index (χ4v) is 1.87. The Kier molecular flexibility index (Phi) is 3.20. The zero-order chi connectivity index (χ0) is 13.3. The average molecular weight is 268 g/mol. The number of hydrogen-bond acceptors (Lipinski definition) is 3. The number of aromatic nitrogens is 2. The monoisotopic (exact) mass is 267 g/mol. The number of benzene rings is 1. The Balaban J connectivity index is 2.32. The minimum atomic E-state index is -0.421. The summed E-state index contributed by atoms with van der Waals surface area (Å²) in [4.78, 5) is 38.4. The lowest BCUT2D eigenvalue weighted by Gasteiger charge is -2.04. The second kappa shape index (κ2) is 4.66. The zero-order valence-corrected chi connectivity index (χ0v) is 10.2. The number of rotatable bonds is 3. The van der Waals surface area contributed by atoms with Gasteiger partial charge in [-0.2, -0.15) is 0 Å². The number of Topliss-reactive ketones (excluding diaryl/α,β-unsaturated/α-hetero) is 1. The molecule has 0 aliphatic carbocycles. The van der Waals surface area contributed by atoms with Gasteiger partial charge in [-0.05, 0) is 19.1 Å². The predicted molar refractivity (Wildman–Crippen MR) is 67.9 cm³/mol. The van der Waals surface area contributed by atoms with E-state index in [9.17, 15) is 14.4 Å². The van der Waals surface area contributed by atoms with Crippen LogP contribution in [0.5, 0.6) is 0 Å². The number of hydrogen-bond donors (Lipinski definition) is 3. The first-order valence-corrected chi connectivity index (χ1v) is 5.54. The zero-order valence-electron chi connectivity index (χ0n) is 9.46. The standard InChI is InChI=1S/C11H10ClN3O3/c1-5(16)2-9(17)13-6-3-7(12)10-8(4-6)14-11(18)15-10/h3-4H,2H2,1H3,(H,13,17)(H2,14,15,18). The predicted octanol–water partition coefficient (Wildman–Crippen LogP) is 1.43. The summed E-state index contributed by atoms with van der Waals surface area (Å²) >= 11 is 5.96. The van der Waals surface area contributed by atoms with Crippen molar-refractivity contribution in [3.8, 4) is 0 Å². The molecule has 0 fully saturated rings. The Labute approximate surface area is 106 Å². The molecule has 6 nitrogen and oxygen atoms in total. The van der Waals surface area contributed by atoms with Crippen molar-refractivity contribution in [3.63, 3.8) is 0 Å². The largest absolute Gasteiger partial charge is 0.326 e. The second-order valence-corrected chi connectivity index (χ2v) is 4.29. The number of ketones is 1. The average Bonchev–Trinajstić information content (AvgIpc) is 2.57. The number of anilines is 1. The third-order valence-corrected chi connectivity index (χ3v) is 2.57. The molecule has 2 aromatic rings. The second-order valence-electron chi connectivity index (χ2n) is 3.89. The number of H-pyrrole nitrogens is 2. The summed E-state index contributed by atoms with van der Waals surface area (Å²) in [6, 6.07) is 3.07. The van der Waals surface area contributed by atoms with Crippen LogP contribution in [0.4, 0.5) is 5.69 Å². The Hall–Kier alpha value is -2.08.